The zero-order chi connectivity index (χ0) is 14.6. The second kappa shape index (κ2) is 4.26. The van der Waals surface area contributed by atoms with Crippen molar-refractivity contribution in [2.45, 2.75) is 51.6 Å². The van der Waals surface area contributed by atoms with Gasteiger partial charge in [-0.05, 0) is 63.1 Å². The number of hydrogen-bond acceptors (Lipinski definition) is 4. The lowest BCUT2D eigenvalue weighted by molar-refractivity contribution is 0.0848. The first-order chi connectivity index (χ1) is 10.1. The van der Waals surface area contributed by atoms with Crippen molar-refractivity contribution in [1.29, 1.82) is 0 Å². The predicted octanol–water partition coefficient (Wildman–Crippen LogP) is 2.80. The monoisotopic (exact) mass is 284 g/mol. The molecule has 2 aromatic rings. The second-order valence-corrected chi connectivity index (χ2v) is 6.66. The lowest BCUT2D eigenvalue weighted by Crippen LogP contribution is -2.32. The minimum absolute atomic E-state index is 0.113. The molecule has 0 spiro atoms. The summed E-state index contributed by atoms with van der Waals surface area (Å²) in [5, 5.41) is 5.03. The van der Waals surface area contributed by atoms with E-state index in [1.807, 2.05) is 6.07 Å². The third-order valence-corrected chi connectivity index (χ3v) is 4.67. The summed E-state index contributed by atoms with van der Waals surface area (Å²) >= 11 is 0. The molecule has 0 atom stereocenters. The zero-order valence-corrected chi connectivity index (χ0v) is 12.5. The number of hydrogen-bond donors (Lipinski definition) is 1. The van der Waals surface area contributed by atoms with Crippen molar-refractivity contribution in [3.63, 3.8) is 0 Å². The zero-order valence-electron chi connectivity index (χ0n) is 12.5. The fourth-order valence-corrected chi connectivity index (χ4v) is 3.55. The van der Waals surface area contributed by atoms with Crippen LogP contribution < -0.4 is 16.1 Å². The first-order valence-electron chi connectivity index (χ1n) is 7.62. The Balaban J connectivity index is 2.00. The Kier molecular flexibility index (Phi) is 2.59. The molecule has 0 saturated heterocycles. The van der Waals surface area contributed by atoms with Gasteiger partial charge in [-0.1, -0.05) is 0 Å². The fraction of sp³-hybridized carbons (Fsp3) is 0.471. The van der Waals surface area contributed by atoms with Crippen LogP contribution in [0, 0.1) is 0 Å². The number of fused-ring (bicyclic) bond motifs is 4. The molecule has 4 rings (SSSR count). The van der Waals surface area contributed by atoms with Gasteiger partial charge in [0.1, 0.15) is 16.9 Å². The molecule has 2 aliphatic rings. The molecule has 0 saturated carbocycles. The van der Waals surface area contributed by atoms with Crippen molar-refractivity contribution in [1.82, 2.24) is 0 Å². The minimum Gasteiger partial charge on any atom is -0.487 e. The number of nitrogens with zero attached hydrogens (tertiary/aromatic N) is 1. The van der Waals surface area contributed by atoms with Gasteiger partial charge in [0.05, 0.1) is 0 Å². The van der Waals surface area contributed by atoms with Crippen molar-refractivity contribution >= 4 is 11.0 Å². The smallest absolute Gasteiger partial charge is 0.239 e. The van der Waals surface area contributed by atoms with E-state index in [0.29, 0.717) is 5.55 Å². The van der Waals surface area contributed by atoms with Gasteiger partial charge >= 0.3 is 0 Å². The molecule has 2 N–H and O–H groups in total. The molecule has 1 aliphatic heterocycles. The van der Waals surface area contributed by atoms with Crippen LogP contribution in [0.1, 0.15) is 43.4 Å². The molecule has 110 valence electrons. The molecule has 1 aliphatic carbocycles. The Morgan fingerprint density at radius 1 is 1.14 bits per heavy atom. The summed E-state index contributed by atoms with van der Waals surface area (Å²) in [5.74, 6) is 6.43. The summed E-state index contributed by atoms with van der Waals surface area (Å²) in [6.45, 7) is 4.25. The quantitative estimate of drug-likeness (QED) is 0.597. The summed E-state index contributed by atoms with van der Waals surface area (Å²) in [6, 6.07) is 4.26. The minimum atomic E-state index is -0.113. The third-order valence-electron chi connectivity index (χ3n) is 4.67. The normalized spacial score (nSPS) is 20.2. The molecule has 1 aromatic heterocycles. The highest BCUT2D eigenvalue weighted by Crippen LogP contribution is 2.38. The molecule has 0 amide bonds. The first kappa shape index (κ1) is 12.7. The maximum absolute atomic E-state index is 6.10. The average molecular weight is 284 g/mol. The van der Waals surface area contributed by atoms with E-state index in [-0.39, 0.29) is 5.60 Å². The highest BCUT2D eigenvalue weighted by atomic mass is 16.5. The molecular formula is C17H20N2O2. The molecule has 1 aromatic carbocycles. The van der Waals surface area contributed by atoms with Gasteiger partial charge in [-0.25, -0.2) is 0 Å². The molecule has 2 heterocycles. The molecule has 0 fully saturated rings. The van der Waals surface area contributed by atoms with E-state index in [1.165, 1.54) is 22.1 Å². The van der Waals surface area contributed by atoms with E-state index in [2.05, 4.69) is 25.0 Å². The van der Waals surface area contributed by atoms with E-state index in [1.54, 1.807) is 0 Å². The van der Waals surface area contributed by atoms with Crippen molar-refractivity contribution < 1.29 is 9.15 Å². The van der Waals surface area contributed by atoms with Gasteiger partial charge in [0.15, 0.2) is 0 Å². The van der Waals surface area contributed by atoms with E-state index in [4.69, 9.17) is 15.0 Å². The molecule has 4 heteroatoms. The van der Waals surface area contributed by atoms with E-state index >= 15 is 0 Å². The molecule has 4 nitrogen and oxygen atoms in total. The Morgan fingerprint density at radius 3 is 2.76 bits per heavy atom. The number of rotatable bonds is 0. The molecule has 0 radical (unpaired) electrons. The average Bonchev–Trinajstić information content (AvgIpc) is 2.93. The second-order valence-electron chi connectivity index (χ2n) is 6.66. The summed E-state index contributed by atoms with van der Waals surface area (Å²) in [4.78, 5) is 0. The largest absolute Gasteiger partial charge is 0.487 e. The van der Waals surface area contributed by atoms with Gasteiger partial charge < -0.3 is 15.0 Å². The van der Waals surface area contributed by atoms with Gasteiger partial charge in [-0.15, -0.1) is 5.10 Å². The summed E-state index contributed by atoms with van der Waals surface area (Å²) in [7, 11) is 0. The first-order valence-corrected chi connectivity index (χ1v) is 7.62. The van der Waals surface area contributed by atoms with Crippen LogP contribution in [-0.2, 0) is 19.3 Å². The highest BCUT2D eigenvalue weighted by molar-refractivity contribution is 5.84. The standard InChI is InChI=1S/C17H20N2O2/c1-17(2)7-6-10-8-13-11-4-3-5-12(11)16(19-18)20-15(13)9-14(10)21-17/h8-9H,3-7,18H2,1-2H3. The van der Waals surface area contributed by atoms with Crippen LogP contribution in [0.25, 0.3) is 11.0 Å². The molecule has 0 unspecified atom stereocenters. The number of nitrogens with two attached hydrogens (primary N) is 1. The van der Waals surface area contributed by atoms with Gasteiger partial charge in [-0.3, -0.25) is 0 Å². The van der Waals surface area contributed by atoms with Crippen LogP contribution in [-0.4, -0.2) is 5.60 Å². The Hall–Kier alpha value is -1.97. The lowest BCUT2D eigenvalue weighted by atomic mass is 9.92. The van der Waals surface area contributed by atoms with Gasteiger partial charge in [-0.2, -0.15) is 0 Å². The molecular weight excluding hydrogens is 264 g/mol. The fourth-order valence-electron chi connectivity index (χ4n) is 3.55. The van der Waals surface area contributed by atoms with Crippen molar-refractivity contribution in [3.8, 4) is 5.75 Å². The van der Waals surface area contributed by atoms with Crippen LogP contribution in [0.15, 0.2) is 21.7 Å². The predicted molar refractivity (Wildman–Crippen MR) is 81.0 cm³/mol. The lowest BCUT2D eigenvalue weighted by Gasteiger charge is -2.32. The van der Waals surface area contributed by atoms with Gasteiger partial charge in [0.2, 0.25) is 5.55 Å². The van der Waals surface area contributed by atoms with E-state index < -0.39 is 0 Å². The van der Waals surface area contributed by atoms with Crippen LogP contribution in [0.5, 0.6) is 5.75 Å². The number of aryl methyl sites for hydroxylation is 2. The van der Waals surface area contributed by atoms with Crippen LogP contribution >= 0.6 is 0 Å². The van der Waals surface area contributed by atoms with Crippen LogP contribution in [0.3, 0.4) is 0 Å². The maximum atomic E-state index is 6.10. The molecule has 21 heavy (non-hydrogen) atoms. The SMILES string of the molecule is CC1(C)CCc2cc3c4c(c(=NN)oc3cc2O1)CCC4. The van der Waals surface area contributed by atoms with Crippen molar-refractivity contribution in [3.05, 3.63) is 34.4 Å². The summed E-state index contributed by atoms with van der Waals surface area (Å²) in [5.41, 5.74) is 5.11. The third kappa shape index (κ3) is 1.93. The number of ether oxygens (including phenoxy) is 1. The Morgan fingerprint density at radius 2 is 1.95 bits per heavy atom. The van der Waals surface area contributed by atoms with Crippen molar-refractivity contribution in [2.75, 3.05) is 0 Å². The van der Waals surface area contributed by atoms with Crippen molar-refractivity contribution in [2.24, 2.45) is 10.9 Å². The Bertz CT molecular complexity index is 803. The van der Waals surface area contributed by atoms with Gasteiger partial charge in [0.25, 0.3) is 0 Å². The van der Waals surface area contributed by atoms with Crippen LogP contribution in [0.4, 0.5) is 0 Å². The molecule has 0 bridgehead atoms. The Labute approximate surface area is 123 Å². The topological polar surface area (TPSA) is 60.8 Å². The maximum Gasteiger partial charge on any atom is 0.239 e. The summed E-state index contributed by atoms with van der Waals surface area (Å²) < 4.78 is 12.0. The van der Waals surface area contributed by atoms with E-state index in [0.717, 1.165) is 43.4 Å². The highest BCUT2D eigenvalue weighted by Gasteiger charge is 2.28. The summed E-state index contributed by atoms with van der Waals surface area (Å²) in [6.07, 6.45) is 5.32. The number of benzene rings is 1. The van der Waals surface area contributed by atoms with Crippen LogP contribution in [0.2, 0.25) is 0 Å². The van der Waals surface area contributed by atoms with Gasteiger partial charge in [0, 0.05) is 17.0 Å². The van der Waals surface area contributed by atoms with E-state index in [9.17, 15) is 0 Å².